The molecule has 2 saturated heterocycles. The van der Waals surface area contributed by atoms with Crippen LogP contribution in [-0.4, -0.2) is 113 Å². The molecule has 1 N–H and O–H groups in total. The molecule has 0 radical (unpaired) electrons. The fraction of sp³-hybridized carbons (Fsp3) is 0.412. The number of amides is 3. The molecule has 5 rings (SSSR count). The van der Waals surface area contributed by atoms with E-state index in [9.17, 15) is 42.7 Å². The van der Waals surface area contributed by atoms with Gasteiger partial charge >= 0.3 is 24.0 Å². The molecule has 2 fully saturated rings. The highest BCUT2D eigenvalue weighted by Crippen LogP contribution is 2.52. The maximum atomic E-state index is 13.5. The molecular formula is C34H35F2N3O11S. The number of likely N-dealkylation sites (N-methyl/N-ethyl adjacent to an activating group) is 1. The van der Waals surface area contributed by atoms with Crippen molar-refractivity contribution in [1.29, 1.82) is 0 Å². The summed E-state index contributed by atoms with van der Waals surface area (Å²) in [7, 11) is 3.03. The Morgan fingerprint density at radius 1 is 0.882 bits per heavy atom. The molecule has 3 aliphatic rings. The fourth-order valence-electron chi connectivity index (χ4n) is 6.23. The van der Waals surface area contributed by atoms with Crippen LogP contribution in [0.15, 0.2) is 59.1 Å². The molecule has 272 valence electrons. The minimum absolute atomic E-state index is 0.0207. The SMILES string of the molecule is CC1C(S[C@H]2C[C@@H](C(=O)N(C)C)N(C(=O)OCOC(=O)c3ccc(F)cc3)C2)=C(C(=O)OCOC(=O)c2ccc(F)cc2)N2C(=O)C([C@@H](C)O)C12. The number of hydrogen-bond acceptors (Lipinski definition) is 12. The summed E-state index contributed by atoms with van der Waals surface area (Å²) in [6.07, 6.45) is -1.84. The Balaban J connectivity index is 1.30. The van der Waals surface area contributed by atoms with Crippen molar-refractivity contribution in [2.75, 3.05) is 34.2 Å². The van der Waals surface area contributed by atoms with Gasteiger partial charge in [-0.3, -0.25) is 14.5 Å². The van der Waals surface area contributed by atoms with Gasteiger partial charge in [0.1, 0.15) is 23.4 Å². The molecule has 0 bridgehead atoms. The van der Waals surface area contributed by atoms with Gasteiger partial charge in [0.25, 0.3) is 0 Å². The van der Waals surface area contributed by atoms with Gasteiger partial charge in [0.05, 0.1) is 29.2 Å². The third kappa shape index (κ3) is 7.83. The third-order valence-corrected chi connectivity index (χ3v) is 10.2. The molecule has 0 spiro atoms. The normalized spacial score (nSPS) is 22.9. The van der Waals surface area contributed by atoms with Crippen molar-refractivity contribution in [1.82, 2.24) is 14.7 Å². The largest absolute Gasteiger partial charge is 0.424 e. The number of ether oxygens (including phenoxy) is 4. The quantitative estimate of drug-likeness (QED) is 0.204. The van der Waals surface area contributed by atoms with E-state index in [0.29, 0.717) is 4.91 Å². The number of aliphatic hydroxyl groups is 1. The molecule has 17 heteroatoms. The summed E-state index contributed by atoms with van der Waals surface area (Å²) in [6, 6.07) is 7.51. The number of likely N-dealkylation sites (tertiary alicyclic amines) is 1. The summed E-state index contributed by atoms with van der Waals surface area (Å²) >= 11 is 1.17. The molecule has 0 aliphatic carbocycles. The van der Waals surface area contributed by atoms with E-state index < -0.39 is 96.3 Å². The summed E-state index contributed by atoms with van der Waals surface area (Å²) in [5.74, 6) is -6.00. The van der Waals surface area contributed by atoms with E-state index in [1.54, 1.807) is 6.92 Å². The van der Waals surface area contributed by atoms with Crippen LogP contribution in [0.4, 0.5) is 13.6 Å². The highest BCUT2D eigenvalue weighted by atomic mass is 32.2. The highest BCUT2D eigenvalue weighted by molar-refractivity contribution is 8.03. The molecule has 0 aromatic heterocycles. The second kappa shape index (κ2) is 15.5. The number of fused-ring (bicyclic) bond motifs is 1. The lowest BCUT2D eigenvalue weighted by Gasteiger charge is -2.46. The van der Waals surface area contributed by atoms with Crippen LogP contribution >= 0.6 is 11.8 Å². The first-order valence-electron chi connectivity index (χ1n) is 15.8. The van der Waals surface area contributed by atoms with Gasteiger partial charge in [-0.2, -0.15) is 0 Å². The van der Waals surface area contributed by atoms with Crippen molar-refractivity contribution >= 4 is 47.6 Å². The van der Waals surface area contributed by atoms with Gasteiger partial charge in [0.2, 0.25) is 25.4 Å². The summed E-state index contributed by atoms with van der Waals surface area (Å²) in [5.41, 5.74) is -0.0557. The molecule has 3 aliphatic heterocycles. The molecule has 51 heavy (non-hydrogen) atoms. The molecule has 14 nitrogen and oxygen atoms in total. The second-order valence-electron chi connectivity index (χ2n) is 12.3. The molecule has 3 amide bonds. The van der Waals surface area contributed by atoms with E-state index >= 15 is 0 Å². The number of benzene rings is 2. The van der Waals surface area contributed by atoms with Crippen LogP contribution < -0.4 is 0 Å². The molecule has 2 aromatic rings. The van der Waals surface area contributed by atoms with Crippen LogP contribution in [0.3, 0.4) is 0 Å². The number of esters is 3. The first-order chi connectivity index (χ1) is 24.2. The standard InChI is InChI=1S/C34H35F2N3O11S/c1-17-26-25(18(2)40)30(42)39(26)27(33(45)49-15-47-31(43)19-5-9-21(35)10-6-19)28(17)51-23-13-24(29(41)37(3)4)38(14-23)34(46)50-16-48-32(44)20-7-11-22(36)12-8-20/h5-12,17-18,23-26,40H,13-16H2,1-4H3/t17?,18-,23+,24+,25?,26?/m1/s1. The van der Waals surface area contributed by atoms with E-state index in [1.807, 2.05) is 0 Å². The maximum Gasteiger partial charge on any atom is 0.413 e. The number of halogens is 2. The number of rotatable bonds is 11. The van der Waals surface area contributed by atoms with Gasteiger partial charge in [-0.05, 0) is 61.9 Å². The van der Waals surface area contributed by atoms with Gasteiger partial charge in [-0.1, -0.05) is 6.92 Å². The van der Waals surface area contributed by atoms with Gasteiger partial charge in [-0.15, -0.1) is 11.8 Å². The van der Waals surface area contributed by atoms with Crippen LogP contribution in [0.1, 0.15) is 41.0 Å². The average Bonchev–Trinajstić information content (AvgIpc) is 3.61. The molecular weight excluding hydrogens is 696 g/mol. The number of carbonyl (C=O) groups is 6. The van der Waals surface area contributed by atoms with Crippen molar-refractivity contribution in [2.24, 2.45) is 11.8 Å². The zero-order valence-electron chi connectivity index (χ0n) is 27.9. The third-order valence-electron chi connectivity index (χ3n) is 8.73. The molecule has 2 aromatic carbocycles. The molecule has 3 unspecified atom stereocenters. The van der Waals surface area contributed by atoms with Crippen LogP contribution in [0.5, 0.6) is 0 Å². The highest BCUT2D eigenvalue weighted by Gasteiger charge is 2.60. The van der Waals surface area contributed by atoms with Gasteiger partial charge in [0, 0.05) is 36.7 Å². The lowest BCUT2D eigenvalue weighted by Crippen LogP contribution is -2.63. The van der Waals surface area contributed by atoms with Crippen molar-refractivity contribution in [3.63, 3.8) is 0 Å². The van der Waals surface area contributed by atoms with Crippen LogP contribution in [-0.2, 0) is 33.3 Å². The minimum atomic E-state index is -1.02. The maximum absolute atomic E-state index is 13.5. The fourth-order valence-corrected chi connectivity index (χ4v) is 7.75. The lowest BCUT2D eigenvalue weighted by atomic mass is 9.79. The Kier molecular flexibility index (Phi) is 11.3. The van der Waals surface area contributed by atoms with Crippen molar-refractivity contribution in [3.8, 4) is 0 Å². The molecule has 3 heterocycles. The Hall–Kier alpha value is -5.03. The van der Waals surface area contributed by atoms with E-state index in [2.05, 4.69) is 0 Å². The first kappa shape index (κ1) is 37.2. The van der Waals surface area contributed by atoms with Gasteiger partial charge < -0.3 is 33.9 Å². The molecule has 6 atom stereocenters. The monoisotopic (exact) mass is 731 g/mol. The number of nitrogens with zero attached hydrogens (tertiary/aromatic N) is 3. The summed E-state index contributed by atoms with van der Waals surface area (Å²) < 4.78 is 46.8. The Morgan fingerprint density at radius 3 is 1.90 bits per heavy atom. The zero-order valence-corrected chi connectivity index (χ0v) is 28.8. The predicted octanol–water partition coefficient (Wildman–Crippen LogP) is 2.91. The average molecular weight is 732 g/mol. The Morgan fingerprint density at radius 2 is 1.39 bits per heavy atom. The number of aliphatic hydroxyl groups excluding tert-OH is 1. The van der Waals surface area contributed by atoms with Crippen molar-refractivity contribution in [3.05, 3.63) is 81.9 Å². The second-order valence-corrected chi connectivity index (χ2v) is 13.6. The van der Waals surface area contributed by atoms with Crippen LogP contribution in [0.25, 0.3) is 0 Å². The number of carbonyl (C=O) groups excluding carboxylic acids is 6. The van der Waals surface area contributed by atoms with E-state index in [-0.39, 0.29) is 29.8 Å². The van der Waals surface area contributed by atoms with Crippen molar-refractivity contribution < 1.29 is 61.6 Å². The topological polar surface area (TPSA) is 169 Å². The minimum Gasteiger partial charge on any atom is -0.424 e. The van der Waals surface area contributed by atoms with Gasteiger partial charge in [-0.25, -0.2) is 28.0 Å². The lowest BCUT2D eigenvalue weighted by molar-refractivity contribution is -0.166. The molecule has 0 saturated carbocycles. The van der Waals surface area contributed by atoms with Crippen LogP contribution in [0, 0.1) is 23.5 Å². The Labute approximate surface area is 295 Å². The zero-order chi connectivity index (χ0) is 37.1. The van der Waals surface area contributed by atoms with E-state index in [4.69, 9.17) is 18.9 Å². The van der Waals surface area contributed by atoms with Gasteiger partial charge in [0.15, 0.2) is 0 Å². The smallest absolute Gasteiger partial charge is 0.413 e. The van der Waals surface area contributed by atoms with E-state index in [1.165, 1.54) is 71.7 Å². The number of hydrogen-bond donors (Lipinski definition) is 1. The Bertz CT molecular complexity index is 1740. The predicted molar refractivity (Wildman–Crippen MR) is 173 cm³/mol. The summed E-state index contributed by atoms with van der Waals surface area (Å²) in [5, 5.41) is 9.84. The van der Waals surface area contributed by atoms with E-state index in [0.717, 1.165) is 24.3 Å². The number of thioether (sulfide) groups is 1. The van der Waals surface area contributed by atoms with Crippen molar-refractivity contribution in [2.45, 2.75) is 43.7 Å². The summed E-state index contributed by atoms with van der Waals surface area (Å²) in [6.45, 7) is 1.61. The summed E-state index contributed by atoms with van der Waals surface area (Å²) in [4.78, 5) is 81.7. The number of β-lactam (4-membered cyclic amide) rings is 1. The first-order valence-corrected chi connectivity index (χ1v) is 16.7. The van der Waals surface area contributed by atoms with Crippen LogP contribution in [0.2, 0.25) is 0 Å².